The Morgan fingerprint density at radius 1 is 0.708 bits per heavy atom. The summed E-state index contributed by atoms with van der Waals surface area (Å²) in [6.45, 7) is 0. The van der Waals surface area contributed by atoms with E-state index >= 15 is 0 Å². The van der Waals surface area contributed by atoms with Gasteiger partial charge < -0.3 is 15.3 Å². The van der Waals surface area contributed by atoms with Crippen LogP contribution in [0.2, 0.25) is 0 Å². The van der Waals surface area contributed by atoms with E-state index in [9.17, 15) is 33.0 Å². The smallest absolute Gasteiger partial charge is 0.355 e. The van der Waals surface area contributed by atoms with Crippen molar-refractivity contribution in [3.63, 3.8) is 0 Å². The number of carboxylic acids is 2. The van der Waals surface area contributed by atoms with E-state index in [0.29, 0.717) is 11.4 Å². The second kappa shape index (κ2) is 17.5. The summed E-state index contributed by atoms with van der Waals surface area (Å²) in [7, 11) is -4.47. The fraction of sp³-hybridized carbons (Fsp3) is 0.0345. The standard InChI is InChI=1S/C29H20N6O9S.3Na/c36-24-14-9-20(15-23(24)28(38)39)32-30-18-5-1-16(2-6-18)17-3-7-19(8-4-17)31-33-25-26(29(40)41)34-35(27(25)37)21-10-12-22(13-11-21)45(42,43)44;;;/h1-15,25,36H,(H,38,39)(H,40,41)(H,42,43,44);;;. The molecule has 1 aliphatic heterocycles. The molecule has 4 aromatic rings. The van der Waals surface area contributed by atoms with Crippen molar-refractivity contribution < 1.29 is 42.7 Å². The molecule has 1 heterocycles. The number of carboxylic acid groups (broad SMARTS) is 2. The molecule has 1 unspecified atom stereocenters. The van der Waals surface area contributed by atoms with Crippen LogP contribution in [0.1, 0.15) is 10.4 Å². The first kappa shape index (κ1) is 41.0. The van der Waals surface area contributed by atoms with Crippen molar-refractivity contribution in [1.29, 1.82) is 0 Å². The number of anilines is 1. The third-order valence-corrected chi connectivity index (χ3v) is 7.22. The molecule has 229 valence electrons. The molecule has 0 aromatic heterocycles. The summed E-state index contributed by atoms with van der Waals surface area (Å²) in [6.07, 6.45) is 0. The van der Waals surface area contributed by atoms with Crippen LogP contribution in [0, 0.1) is 0 Å². The summed E-state index contributed by atoms with van der Waals surface area (Å²) >= 11 is 0. The fourth-order valence-corrected chi connectivity index (χ4v) is 4.57. The number of phenols is 1. The molecular formula is C29H20N6Na3O9S. The van der Waals surface area contributed by atoms with Crippen LogP contribution in [0.3, 0.4) is 0 Å². The maximum Gasteiger partial charge on any atom is 0.355 e. The zero-order chi connectivity index (χ0) is 32.3. The van der Waals surface area contributed by atoms with Crippen LogP contribution >= 0.6 is 0 Å². The topological polar surface area (TPSA) is 231 Å². The van der Waals surface area contributed by atoms with Gasteiger partial charge in [0, 0.05) is 88.7 Å². The first-order chi connectivity index (χ1) is 21.4. The molecule has 5 rings (SSSR count). The van der Waals surface area contributed by atoms with Gasteiger partial charge in [-0.15, -0.1) is 0 Å². The van der Waals surface area contributed by atoms with Crippen molar-refractivity contribution in [2.75, 3.05) is 5.01 Å². The van der Waals surface area contributed by atoms with E-state index in [4.69, 9.17) is 9.66 Å². The number of azo groups is 2. The Bertz CT molecular complexity index is 2030. The summed E-state index contributed by atoms with van der Waals surface area (Å²) in [6, 6.07) is 20.4. The van der Waals surface area contributed by atoms with Gasteiger partial charge in [-0.25, -0.2) is 9.59 Å². The van der Waals surface area contributed by atoms with Gasteiger partial charge in [0.2, 0.25) is 6.04 Å². The predicted molar refractivity (Wildman–Crippen MR) is 175 cm³/mol. The van der Waals surface area contributed by atoms with Gasteiger partial charge >= 0.3 is 11.9 Å². The van der Waals surface area contributed by atoms with E-state index < -0.39 is 44.6 Å². The van der Waals surface area contributed by atoms with E-state index in [2.05, 4.69) is 25.6 Å². The predicted octanol–water partition coefficient (Wildman–Crippen LogP) is 4.22. The number of amides is 1. The minimum atomic E-state index is -4.47. The maximum absolute atomic E-state index is 13.0. The number of nitrogens with zero attached hydrogens (tertiary/aromatic N) is 6. The minimum absolute atomic E-state index is 0. The van der Waals surface area contributed by atoms with Crippen molar-refractivity contribution >= 4 is 145 Å². The number of rotatable bonds is 9. The van der Waals surface area contributed by atoms with Crippen LogP contribution in [-0.2, 0) is 19.7 Å². The number of hydrogen-bond acceptors (Lipinski definition) is 11. The van der Waals surface area contributed by atoms with E-state index in [1.165, 1.54) is 30.3 Å². The third kappa shape index (κ3) is 9.73. The van der Waals surface area contributed by atoms with Crippen LogP contribution < -0.4 is 5.01 Å². The monoisotopic (exact) mass is 697 g/mol. The number of carbonyl (C=O) groups is 3. The molecule has 0 saturated heterocycles. The molecule has 0 aliphatic carbocycles. The molecule has 0 saturated carbocycles. The Morgan fingerprint density at radius 3 is 1.71 bits per heavy atom. The van der Waals surface area contributed by atoms with Gasteiger partial charge in [-0.05, 0) is 77.9 Å². The van der Waals surface area contributed by atoms with Gasteiger partial charge in [-0.2, -0.15) is 39.0 Å². The molecule has 48 heavy (non-hydrogen) atoms. The van der Waals surface area contributed by atoms with Crippen LogP contribution in [0.4, 0.5) is 22.7 Å². The molecule has 0 bridgehead atoms. The molecule has 0 fully saturated rings. The van der Waals surface area contributed by atoms with Gasteiger partial charge in [-0.3, -0.25) is 9.35 Å². The van der Waals surface area contributed by atoms with Gasteiger partial charge in [-0.1, -0.05) is 24.3 Å². The Hall–Kier alpha value is -3.13. The SMILES string of the molecule is O=C(O)C1=NN(c2ccc(S(=O)(=O)O)cc2)C(=O)C1N=Nc1ccc(-c2ccc(N=Nc3ccc(O)c(C(=O)O)c3)cc2)cc1.[Na].[Na].[Na]. The summed E-state index contributed by atoms with van der Waals surface area (Å²) in [5.74, 6) is -3.98. The minimum Gasteiger partial charge on any atom is -0.507 e. The van der Waals surface area contributed by atoms with Crippen LogP contribution in [0.5, 0.6) is 5.75 Å². The normalized spacial score (nSPS) is 14.2. The molecule has 1 aliphatic rings. The molecular weight excluding hydrogens is 677 g/mol. The average molecular weight is 698 g/mol. The Balaban J connectivity index is 0.00000267. The van der Waals surface area contributed by atoms with Crippen LogP contribution in [0.25, 0.3) is 11.1 Å². The van der Waals surface area contributed by atoms with Crippen molar-refractivity contribution in [3.8, 4) is 16.9 Å². The van der Waals surface area contributed by atoms with E-state index in [1.807, 2.05) is 0 Å². The average Bonchev–Trinajstić information content (AvgIpc) is 3.35. The van der Waals surface area contributed by atoms with E-state index in [-0.39, 0.29) is 111 Å². The summed E-state index contributed by atoms with van der Waals surface area (Å²) in [5, 5.41) is 48.9. The Labute approximate surface area is 339 Å². The molecule has 0 spiro atoms. The first-order valence-corrected chi connectivity index (χ1v) is 14.2. The number of carbonyl (C=O) groups excluding carboxylic acids is 1. The van der Waals surface area contributed by atoms with E-state index in [1.54, 1.807) is 48.5 Å². The fourth-order valence-electron chi connectivity index (χ4n) is 4.09. The van der Waals surface area contributed by atoms with Crippen molar-refractivity contribution in [2.45, 2.75) is 10.9 Å². The number of benzene rings is 4. The first-order valence-electron chi connectivity index (χ1n) is 12.7. The maximum atomic E-state index is 13.0. The van der Waals surface area contributed by atoms with Crippen LogP contribution in [-0.4, -0.2) is 147 Å². The summed E-state index contributed by atoms with van der Waals surface area (Å²) in [4.78, 5) is 35.5. The molecule has 4 N–H and O–H groups in total. The Kier molecular flexibility index (Phi) is 15.0. The second-order valence-electron chi connectivity index (χ2n) is 9.33. The molecule has 1 atom stereocenters. The molecule has 15 nitrogen and oxygen atoms in total. The zero-order valence-electron chi connectivity index (χ0n) is 25.7. The number of hydrogen-bond donors (Lipinski definition) is 4. The molecule has 3 radical (unpaired) electrons. The molecule has 4 aromatic carbocycles. The van der Waals surface area contributed by atoms with Crippen LogP contribution in [0.15, 0.2) is 121 Å². The number of aromatic carboxylic acids is 1. The zero-order valence-corrected chi connectivity index (χ0v) is 32.5. The van der Waals surface area contributed by atoms with Crippen molar-refractivity contribution in [3.05, 3.63) is 96.6 Å². The van der Waals surface area contributed by atoms with Gasteiger partial charge in [0.15, 0.2) is 5.71 Å². The second-order valence-corrected chi connectivity index (χ2v) is 10.7. The van der Waals surface area contributed by atoms with Crippen molar-refractivity contribution in [1.82, 2.24) is 0 Å². The summed E-state index contributed by atoms with van der Waals surface area (Å²) < 4.78 is 31.7. The molecule has 1 amide bonds. The number of aromatic hydroxyl groups is 1. The van der Waals surface area contributed by atoms with Gasteiger partial charge in [0.1, 0.15) is 11.3 Å². The van der Waals surface area contributed by atoms with Gasteiger partial charge in [0.25, 0.3) is 16.0 Å². The number of hydrazone groups is 1. The largest absolute Gasteiger partial charge is 0.507 e. The van der Waals surface area contributed by atoms with E-state index in [0.717, 1.165) is 28.3 Å². The quantitative estimate of drug-likeness (QED) is 0.111. The summed E-state index contributed by atoms with van der Waals surface area (Å²) in [5.41, 5.74) is 1.88. The van der Waals surface area contributed by atoms with Gasteiger partial charge in [0.05, 0.1) is 27.6 Å². The molecule has 19 heteroatoms. The number of aliphatic carboxylic acids is 1. The third-order valence-electron chi connectivity index (χ3n) is 6.36. The van der Waals surface area contributed by atoms with Crippen molar-refractivity contribution in [2.24, 2.45) is 25.6 Å². The Morgan fingerprint density at radius 2 is 1.21 bits per heavy atom.